The van der Waals surface area contributed by atoms with Gasteiger partial charge in [-0.1, -0.05) is 60.7 Å². The van der Waals surface area contributed by atoms with Crippen molar-refractivity contribution < 1.29 is 18.0 Å². The molecule has 34 heavy (non-hydrogen) atoms. The number of carbonyl (C=O) groups excluding carboxylic acids is 2. The lowest BCUT2D eigenvalue weighted by Crippen LogP contribution is -2.31. The third-order valence-corrected chi connectivity index (χ3v) is 6.50. The fourth-order valence-corrected chi connectivity index (χ4v) is 4.53. The summed E-state index contributed by atoms with van der Waals surface area (Å²) in [5.74, 6) is -0.586. The molecule has 0 spiro atoms. The van der Waals surface area contributed by atoms with Gasteiger partial charge in [-0.2, -0.15) is 0 Å². The predicted molar refractivity (Wildman–Crippen MR) is 135 cm³/mol. The van der Waals surface area contributed by atoms with E-state index >= 15 is 0 Å². The Morgan fingerprint density at radius 1 is 0.882 bits per heavy atom. The van der Waals surface area contributed by atoms with Crippen LogP contribution in [0.1, 0.15) is 41.7 Å². The van der Waals surface area contributed by atoms with Crippen molar-refractivity contribution in [3.05, 3.63) is 96.1 Å². The monoisotopic (exact) mass is 479 g/mol. The van der Waals surface area contributed by atoms with Crippen LogP contribution in [0.5, 0.6) is 0 Å². The van der Waals surface area contributed by atoms with E-state index in [1.54, 1.807) is 48.5 Å². The number of nitrogens with one attached hydrogen (secondary N) is 2. The van der Waals surface area contributed by atoms with Gasteiger partial charge in [0.2, 0.25) is 15.9 Å². The Labute approximate surface area is 200 Å². The fourth-order valence-electron chi connectivity index (χ4n) is 3.57. The summed E-state index contributed by atoms with van der Waals surface area (Å²) < 4.78 is 25.7. The number of sulfonamides is 1. The van der Waals surface area contributed by atoms with Gasteiger partial charge in [0.25, 0.3) is 5.91 Å². The molecule has 3 rings (SSSR count). The molecule has 0 aliphatic rings. The number of rotatable bonds is 10. The minimum absolute atomic E-state index is 0.106. The summed E-state index contributed by atoms with van der Waals surface area (Å²) in [5, 5.41) is 5.74. The summed E-state index contributed by atoms with van der Waals surface area (Å²) in [4.78, 5) is 25.5. The van der Waals surface area contributed by atoms with Crippen LogP contribution in [0.3, 0.4) is 0 Å². The summed E-state index contributed by atoms with van der Waals surface area (Å²) >= 11 is 0. The third kappa shape index (κ3) is 6.92. The minimum atomic E-state index is -3.48. The fraction of sp³-hybridized carbons (Fsp3) is 0.231. The van der Waals surface area contributed by atoms with E-state index in [9.17, 15) is 18.0 Å². The SMILES string of the molecule is C[C@H](NC(=O)c1ccccc1NC(=O)CCCN(c1ccccc1)S(C)(=O)=O)c1ccccc1. The van der Waals surface area contributed by atoms with Crippen LogP contribution in [0.2, 0.25) is 0 Å². The van der Waals surface area contributed by atoms with Gasteiger partial charge in [-0.3, -0.25) is 13.9 Å². The van der Waals surface area contributed by atoms with E-state index in [-0.39, 0.29) is 30.8 Å². The average molecular weight is 480 g/mol. The van der Waals surface area contributed by atoms with Crippen molar-refractivity contribution in [1.29, 1.82) is 0 Å². The zero-order valence-electron chi connectivity index (χ0n) is 19.3. The smallest absolute Gasteiger partial charge is 0.253 e. The standard InChI is InChI=1S/C26H29N3O4S/c1-20(21-12-5-3-6-13-21)27-26(31)23-16-9-10-17-24(23)28-25(30)18-11-19-29(34(2,32)33)22-14-7-4-8-15-22/h3-10,12-17,20H,11,18-19H2,1-2H3,(H,27,31)(H,28,30)/t20-/m0/s1. The Hall–Kier alpha value is -3.65. The average Bonchev–Trinajstić information content (AvgIpc) is 2.82. The number of para-hydroxylation sites is 2. The molecule has 1 atom stereocenters. The molecule has 0 aliphatic heterocycles. The van der Waals surface area contributed by atoms with Crippen LogP contribution in [0.15, 0.2) is 84.9 Å². The molecule has 2 amide bonds. The van der Waals surface area contributed by atoms with Gasteiger partial charge >= 0.3 is 0 Å². The van der Waals surface area contributed by atoms with E-state index in [0.717, 1.165) is 11.8 Å². The Morgan fingerprint density at radius 2 is 1.47 bits per heavy atom. The van der Waals surface area contributed by atoms with Gasteiger partial charge in [0, 0.05) is 13.0 Å². The van der Waals surface area contributed by atoms with Crippen LogP contribution in [0.4, 0.5) is 11.4 Å². The van der Waals surface area contributed by atoms with Gasteiger partial charge < -0.3 is 10.6 Å². The lowest BCUT2D eigenvalue weighted by Gasteiger charge is -2.22. The molecule has 0 fully saturated rings. The number of benzene rings is 3. The molecule has 0 saturated heterocycles. The summed E-state index contributed by atoms with van der Waals surface area (Å²) in [6, 6.07) is 25.0. The normalized spacial score (nSPS) is 11.9. The first-order valence-electron chi connectivity index (χ1n) is 11.0. The molecule has 0 bridgehead atoms. The largest absolute Gasteiger partial charge is 0.345 e. The van der Waals surface area contributed by atoms with Crippen LogP contribution in [0.25, 0.3) is 0 Å². The van der Waals surface area contributed by atoms with Crippen molar-refractivity contribution in [1.82, 2.24) is 5.32 Å². The molecular weight excluding hydrogens is 450 g/mol. The maximum absolute atomic E-state index is 12.9. The molecule has 3 aromatic rings. The second-order valence-corrected chi connectivity index (χ2v) is 9.88. The van der Waals surface area contributed by atoms with Crippen LogP contribution >= 0.6 is 0 Å². The van der Waals surface area contributed by atoms with E-state index < -0.39 is 10.0 Å². The molecule has 7 nitrogen and oxygen atoms in total. The van der Waals surface area contributed by atoms with Crippen molar-refractivity contribution >= 4 is 33.2 Å². The van der Waals surface area contributed by atoms with Crippen LogP contribution in [0, 0.1) is 0 Å². The zero-order valence-corrected chi connectivity index (χ0v) is 20.1. The molecule has 2 N–H and O–H groups in total. The lowest BCUT2D eigenvalue weighted by molar-refractivity contribution is -0.116. The van der Waals surface area contributed by atoms with Crippen molar-refractivity contribution in [2.45, 2.75) is 25.8 Å². The third-order valence-electron chi connectivity index (χ3n) is 5.30. The molecular formula is C26H29N3O4S. The summed E-state index contributed by atoms with van der Waals surface area (Å²) in [5.41, 5.74) is 2.31. The maximum atomic E-state index is 12.9. The first-order valence-corrected chi connectivity index (χ1v) is 12.9. The highest BCUT2D eigenvalue weighted by Crippen LogP contribution is 2.20. The molecule has 178 valence electrons. The highest BCUT2D eigenvalue weighted by Gasteiger charge is 2.19. The Kier molecular flexibility index (Phi) is 8.43. The van der Waals surface area contributed by atoms with Crippen LogP contribution in [-0.2, 0) is 14.8 Å². The topological polar surface area (TPSA) is 95.6 Å². The zero-order chi connectivity index (χ0) is 24.6. The van der Waals surface area contributed by atoms with E-state index in [1.807, 2.05) is 43.3 Å². The van der Waals surface area contributed by atoms with Crippen molar-refractivity contribution in [2.24, 2.45) is 0 Å². The molecule has 0 aromatic heterocycles. The van der Waals surface area contributed by atoms with E-state index in [4.69, 9.17) is 0 Å². The highest BCUT2D eigenvalue weighted by atomic mass is 32.2. The summed E-state index contributed by atoms with van der Waals surface area (Å²) in [7, 11) is -3.48. The molecule has 0 radical (unpaired) electrons. The number of hydrogen-bond acceptors (Lipinski definition) is 4. The number of carbonyl (C=O) groups is 2. The van der Waals surface area contributed by atoms with E-state index in [1.165, 1.54) is 4.31 Å². The van der Waals surface area contributed by atoms with Gasteiger partial charge in [-0.05, 0) is 43.2 Å². The molecule has 0 saturated carbocycles. The first-order chi connectivity index (χ1) is 16.3. The van der Waals surface area contributed by atoms with E-state index in [2.05, 4.69) is 10.6 Å². The van der Waals surface area contributed by atoms with Crippen LogP contribution in [-0.4, -0.2) is 33.0 Å². The Balaban J connectivity index is 1.60. The van der Waals surface area contributed by atoms with Crippen molar-refractivity contribution in [3.8, 4) is 0 Å². The molecule has 0 unspecified atom stereocenters. The van der Waals surface area contributed by atoms with Gasteiger partial charge in [0.1, 0.15) is 0 Å². The lowest BCUT2D eigenvalue weighted by atomic mass is 10.1. The summed E-state index contributed by atoms with van der Waals surface area (Å²) in [6.07, 6.45) is 1.58. The van der Waals surface area contributed by atoms with Gasteiger partial charge in [0.05, 0.1) is 29.2 Å². The summed E-state index contributed by atoms with van der Waals surface area (Å²) in [6.45, 7) is 2.07. The first kappa shape index (κ1) is 25.0. The second kappa shape index (κ2) is 11.5. The van der Waals surface area contributed by atoms with Crippen molar-refractivity contribution in [2.75, 3.05) is 22.4 Å². The molecule has 8 heteroatoms. The Morgan fingerprint density at radius 3 is 2.12 bits per heavy atom. The van der Waals surface area contributed by atoms with Crippen LogP contribution < -0.4 is 14.9 Å². The van der Waals surface area contributed by atoms with Gasteiger partial charge in [-0.25, -0.2) is 8.42 Å². The number of amides is 2. The number of hydrogen-bond donors (Lipinski definition) is 2. The number of anilines is 2. The van der Waals surface area contributed by atoms with Gasteiger partial charge in [-0.15, -0.1) is 0 Å². The van der Waals surface area contributed by atoms with E-state index in [0.29, 0.717) is 23.4 Å². The maximum Gasteiger partial charge on any atom is 0.253 e. The predicted octanol–water partition coefficient (Wildman–Crippen LogP) is 4.36. The minimum Gasteiger partial charge on any atom is -0.345 e. The van der Waals surface area contributed by atoms with Gasteiger partial charge in [0.15, 0.2) is 0 Å². The Bertz CT molecular complexity index is 1220. The van der Waals surface area contributed by atoms with Crippen molar-refractivity contribution in [3.63, 3.8) is 0 Å². The number of nitrogens with zero attached hydrogens (tertiary/aromatic N) is 1. The highest BCUT2D eigenvalue weighted by molar-refractivity contribution is 7.92. The quantitative estimate of drug-likeness (QED) is 0.452. The molecule has 0 aliphatic carbocycles. The second-order valence-electron chi connectivity index (χ2n) is 7.97. The molecule has 3 aromatic carbocycles. The molecule has 0 heterocycles.